The van der Waals surface area contributed by atoms with Crippen LogP contribution in [-0.2, 0) is 22.6 Å². The molecule has 7 nitrogen and oxygen atoms in total. The van der Waals surface area contributed by atoms with Crippen LogP contribution in [0.2, 0.25) is 0 Å². The van der Waals surface area contributed by atoms with E-state index in [1.807, 2.05) is 41.2 Å². The lowest BCUT2D eigenvalue weighted by Gasteiger charge is -2.26. The summed E-state index contributed by atoms with van der Waals surface area (Å²) in [7, 11) is 0. The van der Waals surface area contributed by atoms with Crippen LogP contribution in [-0.4, -0.2) is 59.5 Å². The topological polar surface area (TPSA) is 68.6 Å². The SMILES string of the molecule is CC(Cn1cccn1)NCc1ccc(OCC(=O)N2CCOCC2)cc1. The molecule has 1 atom stereocenters. The number of nitrogens with zero attached hydrogens (tertiary/aromatic N) is 3. The second-order valence-electron chi connectivity index (χ2n) is 6.44. The molecule has 0 saturated carbocycles. The predicted molar refractivity (Wildman–Crippen MR) is 97.9 cm³/mol. The van der Waals surface area contributed by atoms with Crippen LogP contribution in [0.15, 0.2) is 42.7 Å². The zero-order valence-corrected chi connectivity index (χ0v) is 15.1. The highest BCUT2D eigenvalue weighted by Gasteiger charge is 2.17. The molecule has 7 heteroatoms. The van der Waals surface area contributed by atoms with Crippen LogP contribution in [0.4, 0.5) is 0 Å². The van der Waals surface area contributed by atoms with Gasteiger partial charge in [0.1, 0.15) is 5.75 Å². The maximum atomic E-state index is 12.1. The normalized spacial score (nSPS) is 15.7. The standard InChI is InChI=1S/C19H26N4O3/c1-16(14-23-8-2-7-21-23)20-13-17-3-5-18(6-4-17)26-15-19(24)22-9-11-25-12-10-22/h2-8,16,20H,9-15H2,1H3. The maximum absolute atomic E-state index is 12.1. The summed E-state index contributed by atoms with van der Waals surface area (Å²) in [5.74, 6) is 0.714. The Bertz CT molecular complexity index is 667. The highest BCUT2D eigenvalue weighted by molar-refractivity contribution is 5.77. The van der Waals surface area contributed by atoms with Crippen LogP contribution in [0.5, 0.6) is 5.75 Å². The fourth-order valence-corrected chi connectivity index (χ4v) is 2.80. The van der Waals surface area contributed by atoms with E-state index in [4.69, 9.17) is 9.47 Å². The Labute approximate surface area is 153 Å². The smallest absolute Gasteiger partial charge is 0.260 e. The van der Waals surface area contributed by atoms with E-state index in [1.54, 1.807) is 11.1 Å². The van der Waals surface area contributed by atoms with Gasteiger partial charge in [-0.05, 0) is 30.7 Å². The number of amides is 1. The number of rotatable bonds is 8. The van der Waals surface area contributed by atoms with Gasteiger partial charge < -0.3 is 19.7 Å². The summed E-state index contributed by atoms with van der Waals surface area (Å²) in [4.78, 5) is 13.9. The third kappa shape index (κ3) is 5.57. The van der Waals surface area contributed by atoms with Gasteiger partial charge in [0.05, 0.1) is 19.8 Å². The summed E-state index contributed by atoms with van der Waals surface area (Å²) in [6.45, 7) is 6.30. The lowest BCUT2D eigenvalue weighted by Crippen LogP contribution is -2.42. The molecule has 0 spiro atoms. The molecule has 1 aromatic heterocycles. The first-order valence-electron chi connectivity index (χ1n) is 8.99. The minimum atomic E-state index is 0.00601. The number of ether oxygens (including phenoxy) is 2. The van der Waals surface area contributed by atoms with Crippen molar-refractivity contribution in [3.63, 3.8) is 0 Å². The molecule has 1 saturated heterocycles. The summed E-state index contributed by atoms with van der Waals surface area (Å²) >= 11 is 0. The number of hydrogen-bond acceptors (Lipinski definition) is 5. The predicted octanol–water partition coefficient (Wildman–Crippen LogP) is 1.30. The quantitative estimate of drug-likeness (QED) is 0.770. The third-order valence-electron chi connectivity index (χ3n) is 4.32. The molecule has 3 rings (SSSR count). The number of morpholine rings is 1. The summed E-state index contributed by atoms with van der Waals surface area (Å²) in [6, 6.07) is 10.1. The second-order valence-corrected chi connectivity index (χ2v) is 6.44. The molecule has 2 heterocycles. The van der Waals surface area contributed by atoms with E-state index in [-0.39, 0.29) is 12.5 Å². The molecular weight excluding hydrogens is 332 g/mol. The molecule has 2 aromatic rings. The average Bonchev–Trinajstić information content (AvgIpc) is 3.19. The Morgan fingerprint density at radius 3 is 2.77 bits per heavy atom. The molecular formula is C19H26N4O3. The van der Waals surface area contributed by atoms with Crippen molar-refractivity contribution in [1.29, 1.82) is 0 Å². The van der Waals surface area contributed by atoms with Gasteiger partial charge in [0.2, 0.25) is 0 Å². The molecule has 1 aliphatic rings. The van der Waals surface area contributed by atoms with Crippen molar-refractivity contribution in [3.05, 3.63) is 48.3 Å². The second kappa shape index (κ2) is 9.35. The lowest BCUT2D eigenvalue weighted by molar-refractivity contribution is -0.137. The van der Waals surface area contributed by atoms with Gasteiger partial charge in [-0.1, -0.05) is 12.1 Å². The molecule has 0 aliphatic carbocycles. The number of carbonyl (C=O) groups is 1. The van der Waals surface area contributed by atoms with Gasteiger partial charge in [0, 0.05) is 38.1 Å². The van der Waals surface area contributed by atoms with Gasteiger partial charge >= 0.3 is 0 Å². The van der Waals surface area contributed by atoms with Gasteiger partial charge in [-0.25, -0.2) is 0 Å². The molecule has 1 N–H and O–H groups in total. The van der Waals surface area contributed by atoms with Crippen LogP contribution in [0.25, 0.3) is 0 Å². The maximum Gasteiger partial charge on any atom is 0.260 e. The zero-order valence-electron chi connectivity index (χ0n) is 15.1. The molecule has 0 radical (unpaired) electrons. The number of hydrogen-bond donors (Lipinski definition) is 1. The zero-order chi connectivity index (χ0) is 18.2. The van der Waals surface area contributed by atoms with Crippen LogP contribution in [0.1, 0.15) is 12.5 Å². The fraction of sp³-hybridized carbons (Fsp3) is 0.474. The molecule has 1 unspecified atom stereocenters. The Hall–Kier alpha value is -2.38. The van der Waals surface area contributed by atoms with E-state index >= 15 is 0 Å². The van der Waals surface area contributed by atoms with Gasteiger partial charge in [-0.15, -0.1) is 0 Å². The lowest BCUT2D eigenvalue weighted by atomic mass is 10.2. The minimum Gasteiger partial charge on any atom is -0.484 e. The van der Waals surface area contributed by atoms with E-state index in [0.717, 1.165) is 13.1 Å². The van der Waals surface area contributed by atoms with Crippen LogP contribution in [0, 0.1) is 0 Å². The van der Waals surface area contributed by atoms with E-state index < -0.39 is 0 Å². The highest BCUT2D eigenvalue weighted by atomic mass is 16.5. The summed E-state index contributed by atoms with van der Waals surface area (Å²) < 4.78 is 12.8. The number of nitrogens with one attached hydrogen (secondary N) is 1. The van der Waals surface area contributed by atoms with Crippen LogP contribution < -0.4 is 10.1 Å². The number of benzene rings is 1. The Morgan fingerprint density at radius 2 is 2.08 bits per heavy atom. The monoisotopic (exact) mass is 358 g/mol. The van der Waals surface area contributed by atoms with Gasteiger partial charge in [-0.3, -0.25) is 9.48 Å². The molecule has 26 heavy (non-hydrogen) atoms. The summed E-state index contributed by atoms with van der Waals surface area (Å²) in [6.07, 6.45) is 3.75. The Kier molecular flexibility index (Phi) is 6.62. The first-order valence-corrected chi connectivity index (χ1v) is 8.99. The number of carbonyl (C=O) groups excluding carboxylic acids is 1. The summed E-state index contributed by atoms with van der Waals surface area (Å²) in [5.41, 5.74) is 1.17. The molecule has 1 aliphatic heterocycles. The third-order valence-corrected chi connectivity index (χ3v) is 4.32. The van der Waals surface area contributed by atoms with E-state index in [9.17, 15) is 4.79 Å². The molecule has 1 aromatic carbocycles. The van der Waals surface area contributed by atoms with E-state index in [0.29, 0.717) is 38.1 Å². The molecule has 1 amide bonds. The molecule has 140 valence electrons. The van der Waals surface area contributed by atoms with Gasteiger partial charge in [0.25, 0.3) is 5.91 Å². The van der Waals surface area contributed by atoms with Gasteiger partial charge in [0.15, 0.2) is 6.61 Å². The Morgan fingerprint density at radius 1 is 1.31 bits per heavy atom. The van der Waals surface area contributed by atoms with Gasteiger partial charge in [-0.2, -0.15) is 5.10 Å². The van der Waals surface area contributed by atoms with Crippen LogP contribution in [0.3, 0.4) is 0 Å². The van der Waals surface area contributed by atoms with Crippen LogP contribution >= 0.6 is 0 Å². The Balaban J connectivity index is 1.39. The fourth-order valence-electron chi connectivity index (χ4n) is 2.80. The van der Waals surface area contributed by atoms with Crippen molar-refractivity contribution in [2.75, 3.05) is 32.9 Å². The van der Waals surface area contributed by atoms with Crippen molar-refractivity contribution in [3.8, 4) is 5.75 Å². The van der Waals surface area contributed by atoms with E-state index in [2.05, 4.69) is 17.3 Å². The molecule has 1 fully saturated rings. The van der Waals surface area contributed by atoms with E-state index in [1.165, 1.54) is 5.56 Å². The highest BCUT2D eigenvalue weighted by Crippen LogP contribution is 2.13. The summed E-state index contributed by atoms with van der Waals surface area (Å²) in [5, 5.41) is 7.69. The van der Waals surface area contributed by atoms with Crippen molar-refractivity contribution >= 4 is 5.91 Å². The minimum absolute atomic E-state index is 0.00601. The average molecular weight is 358 g/mol. The first kappa shape index (κ1) is 18.4. The first-order chi connectivity index (χ1) is 12.7. The van der Waals surface area contributed by atoms with Crippen molar-refractivity contribution < 1.29 is 14.3 Å². The van der Waals surface area contributed by atoms with Crippen molar-refractivity contribution in [2.24, 2.45) is 0 Å². The van der Waals surface area contributed by atoms with Crippen molar-refractivity contribution in [1.82, 2.24) is 20.0 Å². The molecule has 0 bridgehead atoms. The van der Waals surface area contributed by atoms with Crippen molar-refractivity contribution in [2.45, 2.75) is 26.1 Å². The number of aromatic nitrogens is 2. The largest absolute Gasteiger partial charge is 0.484 e.